The van der Waals surface area contributed by atoms with E-state index in [2.05, 4.69) is 0 Å². The lowest BCUT2D eigenvalue weighted by Crippen LogP contribution is -2.34. The summed E-state index contributed by atoms with van der Waals surface area (Å²) in [7, 11) is 0. The molecule has 64 valence electrons. The molecule has 0 bridgehead atoms. The summed E-state index contributed by atoms with van der Waals surface area (Å²) < 4.78 is 5.28. The summed E-state index contributed by atoms with van der Waals surface area (Å²) in [6.45, 7) is 4.03. The van der Waals surface area contributed by atoms with E-state index in [1.54, 1.807) is 0 Å². The molecule has 11 heavy (non-hydrogen) atoms. The summed E-state index contributed by atoms with van der Waals surface area (Å²) in [6.07, 6.45) is 2.67. The zero-order chi connectivity index (χ0) is 8.48. The first kappa shape index (κ1) is 8.53. The van der Waals surface area contributed by atoms with Crippen molar-refractivity contribution in [1.82, 2.24) is 0 Å². The van der Waals surface area contributed by atoms with Crippen molar-refractivity contribution in [2.45, 2.75) is 44.8 Å². The Morgan fingerprint density at radius 2 is 2.27 bits per heavy atom. The Morgan fingerprint density at radius 1 is 1.64 bits per heavy atom. The first-order chi connectivity index (χ1) is 5.17. The fourth-order valence-corrected chi connectivity index (χ4v) is 1.56. The summed E-state index contributed by atoms with van der Waals surface area (Å²) in [5.41, 5.74) is 4.63. The van der Waals surface area contributed by atoms with Crippen LogP contribution in [0.15, 0.2) is 0 Å². The van der Waals surface area contributed by atoms with E-state index in [9.17, 15) is 4.79 Å². The summed E-state index contributed by atoms with van der Waals surface area (Å²) >= 11 is 0. The highest BCUT2D eigenvalue weighted by molar-refractivity contribution is 5.86. The van der Waals surface area contributed by atoms with Crippen LogP contribution in [0.5, 0.6) is 0 Å². The Hall–Kier alpha value is -0.570. The normalized spacial score (nSPS) is 35.3. The lowest BCUT2D eigenvalue weighted by atomic mass is 9.97. The minimum absolute atomic E-state index is 0.0833. The first-order valence-corrected chi connectivity index (χ1v) is 4.15. The summed E-state index contributed by atoms with van der Waals surface area (Å²) in [5.74, 6) is -0.300. The number of rotatable bonds is 4. The second-order valence-corrected chi connectivity index (χ2v) is 3.02. The lowest BCUT2D eigenvalue weighted by molar-refractivity contribution is -0.123. The SMILES string of the molecule is CCCC1(C(N)=O)OC1CC. The van der Waals surface area contributed by atoms with Gasteiger partial charge < -0.3 is 10.5 Å². The molecule has 0 spiro atoms. The van der Waals surface area contributed by atoms with Crippen LogP contribution >= 0.6 is 0 Å². The third kappa shape index (κ3) is 1.25. The first-order valence-electron chi connectivity index (χ1n) is 4.15. The number of primary amides is 1. The van der Waals surface area contributed by atoms with Gasteiger partial charge in [-0.25, -0.2) is 0 Å². The van der Waals surface area contributed by atoms with Gasteiger partial charge in [0.05, 0.1) is 6.10 Å². The van der Waals surface area contributed by atoms with Crippen molar-refractivity contribution in [3.05, 3.63) is 0 Å². The number of amides is 1. The van der Waals surface area contributed by atoms with Gasteiger partial charge in [-0.2, -0.15) is 0 Å². The molecule has 0 radical (unpaired) electrons. The Kier molecular flexibility index (Phi) is 2.18. The number of ether oxygens (including phenoxy) is 1. The topological polar surface area (TPSA) is 55.6 Å². The van der Waals surface area contributed by atoms with Crippen molar-refractivity contribution in [2.75, 3.05) is 0 Å². The highest BCUT2D eigenvalue weighted by Gasteiger charge is 2.59. The fourth-order valence-electron chi connectivity index (χ4n) is 1.56. The molecule has 3 heteroatoms. The van der Waals surface area contributed by atoms with Crippen molar-refractivity contribution >= 4 is 5.91 Å². The maximum atomic E-state index is 10.9. The number of epoxide rings is 1. The molecule has 1 fully saturated rings. The molecule has 2 unspecified atom stereocenters. The highest BCUT2D eigenvalue weighted by Crippen LogP contribution is 2.42. The molecule has 0 aliphatic carbocycles. The number of hydrogen-bond donors (Lipinski definition) is 1. The van der Waals surface area contributed by atoms with E-state index in [1.807, 2.05) is 13.8 Å². The summed E-state index contributed by atoms with van der Waals surface area (Å²) in [6, 6.07) is 0. The lowest BCUT2D eigenvalue weighted by Gasteiger charge is -2.04. The van der Waals surface area contributed by atoms with E-state index in [4.69, 9.17) is 10.5 Å². The van der Waals surface area contributed by atoms with Gasteiger partial charge in [0.15, 0.2) is 5.60 Å². The molecule has 0 saturated carbocycles. The summed E-state index contributed by atoms with van der Waals surface area (Å²) in [4.78, 5) is 10.9. The Morgan fingerprint density at radius 3 is 2.55 bits per heavy atom. The van der Waals surface area contributed by atoms with E-state index in [-0.39, 0.29) is 12.0 Å². The molecule has 0 aromatic carbocycles. The molecule has 1 heterocycles. The maximum absolute atomic E-state index is 10.9. The van der Waals surface area contributed by atoms with Crippen LogP contribution in [0.3, 0.4) is 0 Å². The largest absolute Gasteiger partial charge is 0.367 e. The van der Waals surface area contributed by atoms with Gasteiger partial charge in [0.25, 0.3) is 5.91 Å². The maximum Gasteiger partial charge on any atom is 0.252 e. The molecular weight excluding hydrogens is 142 g/mol. The van der Waals surface area contributed by atoms with Gasteiger partial charge in [-0.15, -0.1) is 0 Å². The predicted molar refractivity (Wildman–Crippen MR) is 42.0 cm³/mol. The van der Waals surface area contributed by atoms with Crippen LogP contribution < -0.4 is 5.73 Å². The molecule has 3 nitrogen and oxygen atoms in total. The zero-order valence-corrected chi connectivity index (χ0v) is 7.09. The van der Waals surface area contributed by atoms with E-state index in [0.717, 1.165) is 19.3 Å². The monoisotopic (exact) mass is 157 g/mol. The van der Waals surface area contributed by atoms with Crippen molar-refractivity contribution in [3.63, 3.8) is 0 Å². The van der Waals surface area contributed by atoms with E-state index in [1.165, 1.54) is 0 Å². The molecule has 1 aliphatic rings. The summed E-state index contributed by atoms with van der Waals surface area (Å²) in [5, 5.41) is 0. The Balaban J connectivity index is 2.55. The van der Waals surface area contributed by atoms with E-state index in [0.29, 0.717) is 0 Å². The van der Waals surface area contributed by atoms with Gasteiger partial charge in [0.1, 0.15) is 0 Å². The van der Waals surface area contributed by atoms with Crippen LogP contribution in [0.4, 0.5) is 0 Å². The van der Waals surface area contributed by atoms with Crippen molar-refractivity contribution in [3.8, 4) is 0 Å². The second kappa shape index (κ2) is 2.81. The third-order valence-electron chi connectivity index (χ3n) is 2.22. The van der Waals surface area contributed by atoms with Crippen molar-refractivity contribution in [1.29, 1.82) is 0 Å². The predicted octanol–water partition coefficient (Wildman–Crippen LogP) is 0.819. The molecule has 1 amide bonds. The molecular formula is C8H15NO2. The van der Waals surface area contributed by atoms with Crippen LogP contribution in [0.1, 0.15) is 33.1 Å². The van der Waals surface area contributed by atoms with Crippen LogP contribution in [-0.4, -0.2) is 17.6 Å². The number of hydrogen-bond acceptors (Lipinski definition) is 2. The highest BCUT2D eigenvalue weighted by atomic mass is 16.6. The van der Waals surface area contributed by atoms with Crippen LogP contribution in [0.25, 0.3) is 0 Å². The van der Waals surface area contributed by atoms with Crippen LogP contribution in [0.2, 0.25) is 0 Å². The number of carbonyl (C=O) groups is 1. The zero-order valence-electron chi connectivity index (χ0n) is 7.09. The van der Waals surface area contributed by atoms with E-state index < -0.39 is 5.60 Å². The molecule has 1 aliphatic heterocycles. The van der Waals surface area contributed by atoms with Crippen LogP contribution in [0, 0.1) is 0 Å². The second-order valence-electron chi connectivity index (χ2n) is 3.02. The Bertz CT molecular complexity index is 169. The van der Waals surface area contributed by atoms with Gasteiger partial charge in [-0.1, -0.05) is 20.3 Å². The van der Waals surface area contributed by atoms with Gasteiger partial charge in [-0.3, -0.25) is 4.79 Å². The molecule has 0 aromatic heterocycles. The minimum Gasteiger partial charge on any atom is -0.367 e. The third-order valence-corrected chi connectivity index (χ3v) is 2.22. The van der Waals surface area contributed by atoms with Gasteiger partial charge >= 0.3 is 0 Å². The molecule has 1 rings (SSSR count). The quantitative estimate of drug-likeness (QED) is 0.614. The standard InChI is InChI=1S/C8H15NO2/c1-3-5-8(7(9)10)6(4-2)11-8/h6H,3-5H2,1-2H3,(H2,9,10). The Labute approximate surface area is 66.9 Å². The molecule has 2 N–H and O–H groups in total. The van der Waals surface area contributed by atoms with Gasteiger partial charge in [0.2, 0.25) is 0 Å². The average molecular weight is 157 g/mol. The van der Waals surface area contributed by atoms with Crippen LogP contribution in [-0.2, 0) is 9.53 Å². The fraction of sp³-hybridized carbons (Fsp3) is 0.875. The number of nitrogens with two attached hydrogens (primary N) is 1. The van der Waals surface area contributed by atoms with E-state index >= 15 is 0 Å². The molecule has 0 aromatic rings. The van der Waals surface area contributed by atoms with Gasteiger partial charge in [-0.05, 0) is 12.8 Å². The number of carbonyl (C=O) groups excluding carboxylic acids is 1. The average Bonchev–Trinajstić information content (AvgIpc) is 2.65. The smallest absolute Gasteiger partial charge is 0.252 e. The molecule has 1 saturated heterocycles. The minimum atomic E-state index is -0.594. The van der Waals surface area contributed by atoms with Crippen molar-refractivity contribution < 1.29 is 9.53 Å². The van der Waals surface area contributed by atoms with Crippen molar-refractivity contribution in [2.24, 2.45) is 5.73 Å². The molecule has 2 atom stereocenters. The van der Waals surface area contributed by atoms with Gasteiger partial charge in [0, 0.05) is 0 Å².